The second-order valence-electron chi connectivity index (χ2n) is 14.8. The Balaban J connectivity index is 0.000000210. The quantitative estimate of drug-likeness (QED) is 0.0666. The number of Topliss-reactive ketones (excluding diaryl/α,β-unsaturated/α-hetero) is 3. The number of hydrogen-bond acceptors (Lipinski definition) is 7. The number of carbonyl (C=O) groups excluding carboxylic acids is 3. The predicted molar refractivity (Wildman–Crippen MR) is 236 cm³/mol. The van der Waals surface area contributed by atoms with E-state index in [1.807, 2.05) is 91.0 Å². The van der Waals surface area contributed by atoms with Crippen molar-refractivity contribution in [2.45, 2.75) is 38.5 Å². The van der Waals surface area contributed by atoms with E-state index in [1.165, 1.54) is 48.5 Å². The minimum absolute atomic E-state index is 0.0173. The zero-order chi connectivity index (χ0) is 46.4. The summed E-state index contributed by atoms with van der Waals surface area (Å²) >= 11 is 0. The van der Waals surface area contributed by atoms with Crippen molar-refractivity contribution in [3.63, 3.8) is 0 Å². The van der Waals surface area contributed by atoms with Crippen LogP contribution in [0.15, 0.2) is 164 Å². The van der Waals surface area contributed by atoms with Crippen LogP contribution < -0.4 is 4.74 Å². The highest BCUT2D eigenvalue weighted by molar-refractivity contribution is 5.99. The highest BCUT2D eigenvalue weighted by atomic mass is 19.1. The Labute approximate surface area is 369 Å². The zero-order valence-electron chi connectivity index (χ0n) is 35.0. The average molecular weight is 871 g/mol. The molecule has 0 aliphatic rings. The molecule has 6 aromatic carbocycles. The van der Waals surface area contributed by atoms with E-state index in [0.717, 1.165) is 16.7 Å². The number of rotatable bonds is 19. The molecule has 0 aliphatic carbocycles. The van der Waals surface area contributed by atoms with Gasteiger partial charge in [0.25, 0.3) is 0 Å². The van der Waals surface area contributed by atoms with Crippen LogP contribution in [0.4, 0.5) is 8.78 Å². The molecule has 6 rings (SSSR count). The third-order valence-electron chi connectivity index (χ3n) is 10.1. The molecular formula is C52H48F2O10. The third kappa shape index (κ3) is 16.7. The van der Waals surface area contributed by atoms with Crippen molar-refractivity contribution in [3.05, 3.63) is 209 Å². The van der Waals surface area contributed by atoms with E-state index in [4.69, 9.17) is 4.74 Å². The molecule has 64 heavy (non-hydrogen) atoms. The molecule has 0 fully saturated rings. The minimum atomic E-state index is -1.01. The first kappa shape index (κ1) is 49.1. The Morgan fingerprint density at radius 1 is 0.406 bits per heavy atom. The van der Waals surface area contributed by atoms with Crippen LogP contribution in [0.2, 0.25) is 0 Å². The summed E-state index contributed by atoms with van der Waals surface area (Å²) < 4.78 is 30.7. The summed E-state index contributed by atoms with van der Waals surface area (Å²) in [6.07, 6.45) is 0.715. The number of hydrogen-bond donors (Lipinski definition) is 3. The molecule has 3 N–H and O–H groups in total. The Hall–Kier alpha value is -7.60. The second-order valence-corrected chi connectivity index (χ2v) is 14.8. The van der Waals surface area contributed by atoms with Crippen LogP contribution in [0, 0.1) is 29.4 Å². The summed E-state index contributed by atoms with van der Waals surface area (Å²) in [7, 11) is 1.55. The first-order valence-electron chi connectivity index (χ1n) is 20.3. The van der Waals surface area contributed by atoms with E-state index in [1.54, 1.807) is 31.4 Å². The van der Waals surface area contributed by atoms with Crippen LogP contribution in [0.5, 0.6) is 5.75 Å². The van der Waals surface area contributed by atoms with Gasteiger partial charge in [0.15, 0.2) is 17.3 Å². The summed E-state index contributed by atoms with van der Waals surface area (Å²) in [6, 6.07) is 44.7. The van der Waals surface area contributed by atoms with Gasteiger partial charge < -0.3 is 20.1 Å². The number of aliphatic carboxylic acids is 3. The lowest BCUT2D eigenvalue weighted by Crippen LogP contribution is -2.20. The number of ketones is 3. The molecule has 0 saturated heterocycles. The summed E-state index contributed by atoms with van der Waals surface area (Å²) in [6.45, 7) is 0. The molecule has 0 bridgehead atoms. The van der Waals surface area contributed by atoms with Gasteiger partial charge in [0.2, 0.25) is 0 Å². The number of carboxylic acids is 3. The van der Waals surface area contributed by atoms with Gasteiger partial charge in [0.1, 0.15) is 17.4 Å². The molecule has 0 aliphatic heterocycles. The predicted octanol–water partition coefficient (Wildman–Crippen LogP) is 9.90. The van der Waals surface area contributed by atoms with Crippen LogP contribution in [0.25, 0.3) is 0 Å². The molecule has 0 spiro atoms. The molecule has 6 aromatic rings. The molecule has 0 saturated carbocycles. The summed E-state index contributed by atoms with van der Waals surface area (Å²) in [5.41, 5.74) is 3.82. The molecule has 0 aromatic heterocycles. The average Bonchev–Trinajstić information content (AvgIpc) is 3.30. The number of benzene rings is 6. The van der Waals surface area contributed by atoms with Crippen molar-refractivity contribution < 1.29 is 57.6 Å². The number of carboxylic acid groups (broad SMARTS) is 3. The fourth-order valence-corrected chi connectivity index (χ4v) is 6.51. The largest absolute Gasteiger partial charge is 0.497 e. The maximum absolute atomic E-state index is 12.8. The number of methoxy groups -OCH3 is 1. The Kier molecular flexibility index (Phi) is 19.4. The molecule has 10 nitrogen and oxygen atoms in total. The molecule has 330 valence electrons. The summed E-state index contributed by atoms with van der Waals surface area (Å²) in [5, 5.41) is 27.9. The first-order chi connectivity index (χ1) is 30.7. The third-order valence-corrected chi connectivity index (χ3v) is 10.1. The zero-order valence-corrected chi connectivity index (χ0v) is 35.0. The Morgan fingerprint density at radius 2 is 0.656 bits per heavy atom. The maximum Gasteiger partial charge on any atom is 0.307 e. The van der Waals surface area contributed by atoms with E-state index in [-0.39, 0.29) is 36.6 Å². The van der Waals surface area contributed by atoms with Gasteiger partial charge >= 0.3 is 17.9 Å². The smallest absolute Gasteiger partial charge is 0.307 e. The van der Waals surface area contributed by atoms with Crippen LogP contribution in [0.1, 0.15) is 67.0 Å². The van der Waals surface area contributed by atoms with Gasteiger partial charge in [-0.05, 0) is 109 Å². The van der Waals surface area contributed by atoms with Gasteiger partial charge in [0.05, 0.1) is 24.9 Å². The monoisotopic (exact) mass is 870 g/mol. The molecular weight excluding hydrogens is 823 g/mol. The Bertz CT molecular complexity index is 2310. The minimum Gasteiger partial charge on any atom is -0.497 e. The van der Waals surface area contributed by atoms with Crippen molar-refractivity contribution in [1.29, 1.82) is 0 Å². The topological polar surface area (TPSA) is 172 Å². The second kappa shape index (κ2) is 25.4. The first-order valence-corrected chi connectivity index (χ1v) is 20.3. The van der Waals surface area contributed by atoms with Crippen molar-refractivity contribution in [3.8, 4) is 5.75 Å². The maximum atomic E-state index is 12.8. The van der Waals surface area contributed by atoms with E-state index in [2.05, 4.69) is 0 Å². The number of carbonyl (C=O) groups is 6. The van der Waals surface area contributed by atoms with E-state index in [9.17, 15) is 52.9 Å². The fraction of sp³-hybridized carbons (Fsp3) is 0.192. The van der Waals surface area contributed by atoms with E-state index >= 15 is 0 Å². The van der Waals surface area contributed by atoms with E-state index in [0.29, 0.717) is 41.7 Å². The van der Waals surface area contributed by atoms with Gasteiger partial charge in [-0.3, -0.25) is 28.8 Å². The highest BCUT2D eigenvalue weighted by Gasteiger charge is 2.25. The van der Waals surface area contributed by atoms with Gasteiger partial charge in [-0.2, -0.15) is 0 Å². The SMILES string of the molecule is COc1ccc(C(=O)CC(Cc2ccccc2)C(=O)O)cc1.O=C(CC(Cc1ccccc1)C(=O)O)c1ccc(F)cc1.O=C(CC(Cc1ccccc1)C(=O)O)c1ccc(F)cc1. The van der Waals surface area contributed by atoms with Crippen LogP contribution in [0.3, 0.4) is 0 Å². The highest BCUT2D eigenvalue weighted by Crippen LogP contribution is 2.20. The van der Waals surface area contributed by atoms with Crippen molar-refractivity contribution in [2.24, 2.45) is 17.8 Å². The molecule has 0 radical (unpaired) electrons. The van der Waals surface area contributed by atoms with Gasteiger partial charge in [-0.15, -0.1) is 0 Å². The molecule has 3 atom stereocenters. The van der Waals surface area contributed by atoms with Crippen LogP contribution >= 0.6 is 0 Å². The van der Waals surface area contributed by atoms with Crippen LogP contribution in [-0.4, -0.2) is 57.7 Å². The standard InChI is InChI=1S/C18H18O4.2C17H15FO3/c1-22-16-9-7-14(8-10-16)17(19)12-15(18(20)21)11-13-5-3-2-4-6-13;2*18-15-8-6-13(7-9-15)16(19)11-14(17(20)21)10-12-4-2-1-3-5-12/h2-10,15H,11-12H2,1H3,(H,20,21);2*1-9,14H,10-11H2,(H,20,21). The lowest BCUT2D eigenvalue weighted by atomic mass is 9.92. The summed E-state index contributed by atoms with van der Waals surface area (Å²) in [4.78, 5) is 70.4. The number of halogens is 2. The molecule has 0 heterocycles. The van der Waals surface area contributed by atoms with Crippen LogP contribution in [-0.2, 0) is 33.6 Å². The van der Waals surface area contributed by atoms with Crippen molar-refractivity contribution in [2.75, 3.05) is 7.11 Å². The van der Waals surface area contributed by atoms with Gasteiger partial charge in [-0.1, -0.05) is 91.0 Å². The van der Waals surface area contributed by atoms with Gasteiger partial charge in [0, 0.05) is 36.0 Å². The molecule has 0 amide bonds. The van der Waals surface area contributed by atoms with Gasteiger partial charge in [-0.25, -0.2) is 8.78 Å². The van der Waals surface area contributed by atoms with Crippen molar-refractivity contribution in [1.82, 2.24) is 0 Å². The lowest BCUT2D eigenvalue weighted by molar-refractivity contribution is -0.142. The fourth-order valence-electron chi connectivity index (χ4n) is 6.51. The normalized spacial score (nSPS) is 11.8. The summed E-state index contributed by atoms with van der Waals surface area (Å²) in [5.74, 6) is -6.21. The Morgan fingerprint density at radius 3 is 0.891 bits per heavy atom. The number of ether oxygens (including phenoxy) is 1. The lowest BCUT2D eigenvalue weighted by Gasteiger charge is -2.12. The van der Waals surface area contributed by atoms with Crippen molar-refractivity contribution >= 4 is 35.3 Å². The molecule has 12 heteroatoms. The van der Waals surface area contributed by atoms with E-state index < -0.39 is 47.3 Å². The molecule has 3 unspecified atom stereocenters.